The molecule has 2 heterocycles. The lowest BCUT2D eigenvalue weighted by Crippen LogP contribution is -2.40. The zero-order chi connectivity index (χ0) is 19.8. The second-order valence-electron chi connectivity index (χ2n) is 6.72. The van der Waals surface area contributed by atoms with Crippen molar-refractivity contribution >= 4 is 34.0 Å². The Morgan fingerprint density at radius 2 is 2.00 bits per heavy atom. The van der Waals surface area contributed by atoms with E-state index < -0.39 is 5.60 Å². The molecular formula is C21H27N5OS. The molecular weight excluding hydrogens is 370 g/mol. The van der Waals surface area contributed by atoms with Crippen molar-refractivity contribution in [2.45, 2.75) is 19.4 Å². The number of hydrogen-bond donors (Lipinski definition) is 4. The number of nitrogens with zero attached hydrogens (tertiary/aromatic N) is 2. The van der Waals surface area contributed by atoms with Crippen molar-refractivity contribution in [3.8, 4) is 0 Å². The van der Waals surface area contributed by atoms with Gasteiger partial charge in [-0.2, -0.15) is 11.3 Å². The molecule has 6 nitrogen and oxygen atoms in total. The Morgan fingerprint density at radius 3 is 2.79 bits per heavy atom. The minimum Gasteiger partial charge on any atom is -0.383 e. The fourth-order valence-corrected chi connectivity index (χ4v) is 3.56. The van der Waals surface area contributed by atoms with E-state index in [1.54, 1.807) is 18.3 Å². The number of guanidine groups is 1. The van der Waals surface area contributed by atoms with Crippen molar-refractivity contribution in [3.63, 3.8) is 0 Å². The number of rotatable bonds is 8. The van der Waals surface area contributed by atoms with Crippen LogP contribution in [0.1, 0.15) is 19.4 Å². The van der Waals surface area contributed by atoms with Crippen molar-refractivity contribution in [2.24, 2.45) is 4.99 Å². The zero-order valence-electron chi connectivity index (χ0n) is 16.3. The van der Waals surface area contributed by atoms with E-state index in [4.69, 9.17) is 0 Å². The minimum atomic E-state index is -0.977. The lowest BCUT2D eigenvalue weighted by atomic mass is 10.00. The normalized spacial score (nSPS) is 13.9. The van der Waals surface area contributed by atoms with Crippen LogP contribution in [0.15, 0.2) is 58.2 Å². The van der Waals surface area contributed by atoms with E-state index in [-0.39, 0.29) is 0 Å². The largest absolute Gasteiger partial charge is 0.383 e. The standard InChI is InChI=1S/C21H27N5OS/c1-3-22-20(25-15-21(2,27)17-10-13-28-14-17)24-12-11-23-19-9-8-16-6-4-5-7-18(16)26-19/h4-10,13-14,27H,3,11-12,15H2,1-2H3,(H,23,26)(H2,22,24,25). The molecule has 0 spiro atoms. The topological polar surface area (TPSA) is 81.6 Å². The van der Waals surface area contributed by atoms with Gasteiger partial charge in [-0.1, -0.05) is 18.2 Å². The van der Waals surface area contributed by atoms with E-state index in [9.17, 15) is 5.11 Å². The van der Waals surface area contributed by atoms with E-state index >= 15 is 0 Å². The van der Waals surface area contributed by atoms with Gasteiger partial charge in [0.25, 0.3) is 0 Å². The fourth-order valence-electron chi connectivity index (χ4n) is 2.77. The maximum absolute atomic E-state index is 10.6. The average molecular weight is 398 g/mol. The molecule has 1 unspecified atom stereocenters. The number of aliphatic imine (C=N–C) groups is 1. The molecule has 0 aliphatic heterocycles. The van der Waals surface area contributed by atoms with Crippen LogP contribution >= 0.6 is 11.3 Å². The first-order chi connectivity index (χ1) is 13.6. The van der Waals surface area contributed by atoms with Gasteiger partial charge in [0.05, 0.1) is 12.1 Å². The zero-order valence-corrected chi connectivity index (χ0v) is 17.1. The maximum atomic E-state index is 10.6. The molecule has 28 heavy (non-hydrogen) atoms. The molecule has 0 bridgehead atoms. The van der Waals surface area contributed by atoms with Gasteiger partial charge in [0.1, 0.15) is 11.4 Å². The van der Waals surface area contributed by atoms with Gasteiger partial charge >= 0.3 is 0 Å². The Labute approximate surface area is 169 Å². The van der Waals surface area contributed by atoms with Gasteiger partial charge in [0.2, 0.25) is 0 Å². The summed E-state index contributed by atoms with van der Waals surface area (Å²) in [4.78, 5) is 9.14. The van der Waals surface area contributed by atoms with Gasteiger partial charge in [0, 0.05) is 25.0 Å². The average Bonchev–Trinajstić information content (AvgIpc) is 3.25. The van der Waals surface area contributed by atoms with Crippen molar-refractivity contribution < 1.29 is 5.11 Å². The number of benzene rings is 1. The Morgan fingerprint density at radius 1 is 1.14 bits per heavy atom. The molecule has 3 rings (SSSR count). The molecule has 0 saturated heterocycles. The molecule has 1 aromatic carbocycles. The summed E-state index contributed by atoms with van der Waals surface area (Å²) in [5, 5.41) is 25.5. The predicted octanol–water partition coefficient (Wildman–Crippen LogP) is 3.17. The van der Waals surface area contributed by atoms with Crippen LogP contribution in [-0.2, 0) is 5.60 Å². The van der Waals surface area contributed by atoms with Gasteiger partial charge in [0.15, 0.2) is 5.96 Å². The summed E-state index contributed by atoms with van der Waals surface area (Å²) >= 11 is 1.57. The molecule has 3 aromatic rings. The number of aliphatic hydroxyl groups is 1. The quantitative estimate of drug-likeness (QED) is 0.267. The third kappa shape index (κ3) is 5.43. The number of aromatic nitrogens is 1. The SMILES string of the molecule is CCNC(=NCC(C)(O)c1ccsc1)NCCNc1ccc2ccccc2n1. The van der Waals surface area contributed by atoms with E-state index in [1.807, 2.05) is 48.0 Å². The summed E-state index contributed by atoms with van der Waals surface area (Å²) in [6.07, 6.45) is 0. The second-order valence-corrected chi connectivity index (χ2v) is 7.50. The third-order valence-electron chi connectivity index (χ3n) is 4.35. The van der Waals surface area contributed by atoms with Crippen LogP contribution in [-0.4, -0.2) is 42.2 Å². The first kappa shape index (κ1) is 20.1. The van der Waals surface area contributed by atoms with E-state index in [0.717, 1.165) is 28.8 Å². The van der Waals surface area contributed by atoms with Gasteiger partial charge < -0.3 is 21.1 Å². The fraction of sp³-hybridized carbons (Fsp3) is 0.333. The molecule has 148 valence electrons. The van der Waals surface area contributed by atoms with Crippen molar-refractivity contribution in [1.82, 2.24) is 15.6 Å². The van der Waals surface area contributed by atoms with Crippen LogP contribution in [0.4, 0.5) is 5.82 Å². The highest BCUT2D eigenvalue weighted by atomic mass is 32.1. The number of fused-ring (bicyclic) bond motifs is 1. The molecule has 0 amide bonds. The van der Waals surface area contributed by atoms with E-state index in [2.05, 4.69) is 38.1 Å². The number of pyridine rings is 1. The molecule has 1 atom stereocenters. The molecule has 0 aliphatic carbocycles. The summed E-state index contributed by atoms with van der Waals surface area (Å²) in [5.41, 5.74) is 0.891. The highest BCUT2D eigenvalue weighted by Gasteiger charge is 2.23. The van der Waals surface area contributed by atoms with Crippen LogP contribution < -0.4 is 16.0 Å². The summed E-state index contributed by atoms with van der Waals surface area (Å²) in [7, 11) is 0. The number of nitrogens with one attached hydrogen (secondary N) is 3. The summed E-state index contributed by atoms with van der Waals surface area (Å²) in [6, 6.07) is 14.0. The highest BCUT2D eigenvalue weighted by Crippen LogP contribution is 2.23. The Bertz CT molecular complexity index is 908. The van der Waals surface area contributed by atoms with E-state index in [0.29, 0.717) is 25.6 Å². The van der Waals surface area contributed by atoms with Crippen molar-refractivity contribution in [3.05, 3.63) is 58.8 Å². The number of para-hydroxylation sites is 1. The summed E-state index contributed by atoms with van der Waals surface area (Å²) < 4.78 is 0. The smallest absolute Gasteiger partial charge is 0.191 e. The molecule has 2 aromatic heterocycles. The minimum absolute atomic E-state index is 0.290. The summed E-state index contributed by atoms with van der Waals surface area (Å²) in [6.45, 7) is 6.24. The summed E-state index contributed by atoms with van der Waals surface area (Å²) in [5.74, 6) is 1.54. The number of hydrogen-bond acceptors (Lipinski definition) is 5. The Kier molecular flexibility index (Phi) is 6.84. The van der Waals surface area contributed by atoms with Crippen molar-refractivity contribution in [1.29, 1.82) is 0 Å². The molecule has 0 saturated carbocycles. The lowest BCUT2D eigenvalue weighted by molar-refractivity contribution is 0.0677. The molecule has 0 radical (unpaired) electrons. The maximum Gasteiger partial charge on any atom is 0.191 e. The van der Waals surface area contributed by atoms with E-state index in [1.165, 1.54) is 0 Å². The van der Waals surface area contributed by atoms with Gasteiger partial charge in [-0.3, -0.25) is 0 Å². The molecule has 0 aliphatic rings. The van der Waals surface area contributed by atoms with Crippen molar-refractivity contribution in [2.75, 3.05) is 31.5 Å². The molecule has 0 fully saturated rings. The van der Waals surface area contributed by atoms with Crippen LogP contribution in [0.25, 0.3) is 10.9 Å². The van der Waals surface area contributed by atoms with Crippen LogP contribution in [0.2, 0.25) is 0 Å². The van der Waals surface area contributed by atoms with Crippen LogP contribution in [0, 0.1) is 0 Å². The highest BCUT2D eigenvalue weighted by molar-refractivity contribution is 7.08. The lowest BCUT2D eigenvalue weighted by Gasteiger charge is -2.21. The van der Waals surface area contributed by atoms with Crippen LogP contribution in [0.3, 0.4) is 0 Å². The monoisotopic (exact) mass is 397 g/mol. The Hall–Kier alpha value is -2.64. The first-order valence-corrected chi connectivity index (χ1v) is 10.4. The Balaban J connectivity index is 1.51. The second kappa shape index (κ2) is 9.52. The number of thiophene rings is 1. The van der Waals surface area contributed by atoms with Crippen LogP contribution in [0.5, 0.6) is 0 Å². The molecule has 7 heteroatoms. The van der Waals surface area contributed by atoms with Gasteiger partial charge in [-0.05, 0) is 54.4 Å². The van der Waals surface area contributed by atoms with Gasteiger partial charge in [-0.15, -0.1) is 0 Å². The number of anilines is 1. The van der Waals surface area contributed by atoms with Gasteiger partial charge in [-0.25, -0.2) is 9.98 Å². The third-order valence-corrected chi connectivity index (χ3v) is 5.04. The predicted molar refractivity (Wildman–Crippen MR) is 118 cm³/mol. The molecule has 4 N–H and O–H groups in total. The first-order valence-electron chi connectivity index (χ1n) is 9.45.